The first-order valence-corrected chi connectivity index (χ1v) is 10.8. The summed E-state index contributed by atoms with van der Waals surface area (Å²) in [7, 11) is 3.04. The van der Waals surface area contributed by atoms with E-state index in [1.54, 1.807) is 35.6 Å². The third-order valence-corrected chi connectivity index (χ3v) is 6.55. The van der Waals surface area contributed by atoms with Crippen LogP contribution >= 0.6 is 22.7 Å². The quantitative estimate of drug-likeness (QED) is 0.402. The van der Waals surface area contributed by atoms with E-state index in [9.17, 15) is 9.59 Å². The number of carbonyl (C=O) groups excluding carboxylic acids is 2. The first-order valence-electron chi connectivity index (χ1n) is 9.21. The number of nitrogens with zero attached hydrogens (tertiary/aromatic N) is 1. The minimum atomic E-state index is -0.560. The van der Waals surface area contributed by atoms with Gasteiger partial charge < -0.3 is 19.5 Å². The van der Waals surface area contributed by atoms with Crippen molar-refractivity contribution >= 4 is 50.5 Å². The minimum absolute atomic E-state index is 0.408. The zero-order valence-corrected chi connectivity index (χ0v) is 18.3. The van der Waals surface area contributed by atoms with Crippen molar-refractivity contribution in [3.63, 3.8) is 0 Å². The number of amides is 1. The van der Waals surface area contributed by atoms with E-state index in [1.807, 2.05) is 30.3 Å². The SMILES string of the molecule is COc1cc(NC(=O)COC(=O)c2ccc(-c3nc4ccccc4s3)s2)cc(OC)c1. The Morgan fingerprint density at radius 1 is 0.968 bits per heavy atom. The second-order valence-electron chi connectivity index (χ2n) is 6.38. The summed E-state index contributed by atoms with van der Waals surface area (Å²) < 4.78 is 16.6. The molecule has 0 bridgehead atoms. The fourth-order valence-electron chi connectivity index (χ4n) is 2.82. The molecule has 0 aliphatic carbocycles. The Kier molecular flexibility index (Phi) is 6.15. The van der Waals surface area contributed by atoms with Gasteiger partial charge in [0.15, 0.2) is 6.61 Å². The van der Waals surface area contributed by atoms with Crippen LogP contribution in [-0.4, -0.2) is 37.7 Å². The molecule has 0 aliphatic rings. The Morgan fingerprint density at radius 3 is 2.42 bits per heavy atom. The van der Waals surface area contributed by atoms with Crippen molar-refractivity contribution in [2.45, 2.75) is 0 Å². The topological polar surface area (TPSA) is 86.8 Å². The van der Waals surface area contributed by atoms with Crippen LogP contribution in [0.5, 0.6) is 11.5 Å². The zero-order valence-electron chi connectivity index (χ0n) is 16.7. The number of benzene rings is 2. The molecule has 2 aromatic heterocycles. The molecule has 158 valence electrons. The lowest BCUT2D eigenvalue weighted by molar-refractivity contribution is -0.119. The van der Waals surface area contributed by atoms with Crippen LogP contribution < -0.4 is 14.8 Å². The Balaban J connectivity index is 1.37. The number of hydrogen-bond acceptors (Lipinski definition) is 8. The van der Waals surface area contributed by atoms with Gasteiger partial charge in [-0.1, -0.05) is 12.1 Å². The second kappa shape index (κ2) is 9.15. The van der Waals surface area contributed by atoms with E-state index in [0.717, 1.165) is 20.1 Å². The van der Waals surface area contributed by atoms with E-state index in [2.05, 4.69) is 10.3 Å². The minimum Gasteiger partial charge on any atom is -0.497 e. The number of aromatic nitrogens is 1. The van der Waals surface area contributed by atoms with E-state index in [4.69, 9.17) is 14.2 Å². The smallest absolute Gasteiger partial charge is 0.348 e. The molecule has 0 saturated carbocycles. The molecule has 31 heavy (non-hydrogen) atoms. The lowest BCUT2D eigenvalue weighted by Crippen LogP contribution is -2.20. The maximum Gasteiger partial charge on any atom is 0.348 e. The van der Waals surface area contributed by atoms with Crippen LogP contribution in [0.3, 0.4) is 0 Å². The normalized spacial score (nSPS) is 10.6. The van der Waals surface area contributed by atoms with Gasteiger partial charge in [0.2, 0.25) is 0 Å². The number of esters is 1. The lowest BCUT2D eigenvalue weighted by Gasteiger charge is -2.10. The fraction of sp³-hybridized carbons (Fsp3) is 0.136. The van der Waals surface area contributed by atoms with Gasteiger partial charge in [0, 0.05) is 23.9 Å². The number of methoxy groups -OCH3 is 2. The third-order valence-electron chi connectivity index (χ3n) is 4.28. The summed E-state index contributed by atoms with van der Waals surface area (Å²) in [5.41, 5.74) is 1.40. The van der Waals surface area contributed by atoms with Gasteiger partial charge in [-0.3, -0.25) is 4.79 Å². The Labute approximate surface area is 186 Å². The van der Waals surface area contributed by atoms with Crippen molar-refractivity contribution < 1.29 is 23.8 Å². The van der Waals surface area contributed by atoms with Crippen LogP contribution in [-0.2, 0) is 9.53 Å². The predicted octanol–water partition coefficient (Wildman–Crippen LogP) is 4.84. The van der Waals surface area contributed by atoms with Crippen molar-refractivity contribution in [1.29, 1.82) is 0 Å². The van der Waals surface area contributed by atoms with Gasteiger partial charge in [-0.05, 0) is 24.3 Å². The standard InChI is InChI=1S/C22H18N2O5S2/c1-27-14-9-13(10-15(11-14)28-2)23-20(25)12-29-22(26)19-8-7-18(30-19)21-24-16-5-3-4-6-17(16)31-21/h3-11H,12H2,1-2H3,(H,23,25). The molecule has 2 heterocycles. The van der Waals surface area contributed by atoms with Gasteiger partial charge in [0.05, 0.1) is 29.3 Å². The van der Waals surface area contributed by atoms with E-state index >= 15 is 0 Å². The maximum atomic E-state index is 12.4. The van der Waals surface area contributed by atoms with Crippen molar-refractivity contribution in [3.05, 3.63) is 59.5 Å². The maximum absolute atomic E-state index is 12.4. The molecular formula is C22H18N2O5S2. The lowest BCUT2D eigenvalue weighted by atomic mass is 10.2. The van der Waals surface area contributed by atoms with Crippen molar-refractivity contribution in [1.82, 2.24) is 4.98 Å². The molecular weight excluding hydrogens is 436 g/mol. The first kappa shape index (κ1) is 20.8. The highest BCUT2D eigenvalue weighted by Crippen LogP contribution is 2.34. The number of ether oxygens (including phenoxy) is 3. The highest BCUT2D eigenvalue weighted by molar-refractivity contribution is 7.26. The molecule has 0 radical (unpaired) electrons. The van der Waals surface area contributed by atoms with E-state index < -0.39 is 18.5 Å². The Bertz CT molecular complexity index is 1190. The number of thiazole rings is 1. The van der Waals surface area contributed by atoms with Crippen LogP contribution in [0.1, 0.15) is 9.67 Å². The van der Waals surface area contributed by atoms with Crippen molar-refractivity contribution in [3.8, 4) is 21.4 Å². The number of carbonyl (C=O) groups is 2. The number of para-hydroxylation sites is 1. The van der Waals surface area contributed by atoms with Gasteiger partial charge in [-0.25, -0.2) is 9.78 Å². The Morgan fingerprint density at radius 2 is 1.71 bits per heavy atom. The average Bonchev–Trinajstić information content (AvgIpc) is 3.44. The molecule has 0 atom stereocenters. The number of thiophene rings is 1. The highest BCUT2D eigenvalue weighted by atomic mass is 32.1. The molecule has 2 aromatic carbocycles. The monoisotopic (exact) mass is 454 g/mol. The van der Waals surface area contributed by atoms with Crippen LogP contribution in [0.2, 0.25) is 0 Å². The van der Waals surface area contributed by atoms with Gasteiger partial charge in [-0.15, -0.1) is 22.7 Å². The molecule has 0 saturated heterocycles. The van der Waals surface area contributed by atoms with Crippen LogP contribution in [0.4, 0.5) is 5.69 Å². The predicted molar refractivity (Wildman–Crippen MR) is 121 cm³/mol. The molecule has 9 heteroatoms. The third kappa shape index (κ3) is 4.84. The largest absolute Gasteiger partial charge is 0.497 e. The number of hydrogen-bond donors (Lipinski definition) is 1. The summed E-state index contributed by atoms with van der Waals surface area (Å²) in [6.07, 6.45) is 0. The Hall–Kier alpha value is -3.43. The molecule has 0 fully saturated rings. The molecule has 0 unspecified atom stereocenters. The summed E-state index contributed by atoms with van der Waals surface area (Å²) in [4.78, 5) is 30.4. The van der Waals surface area contributed by atoms with E-state index in [1.165, 1.54) is 25.6 Å². The van der Waals surface area contributed by atoms with Gasteiger partial charge in [0.25, 0.3) is 5.91 Å². The molecule has 1 amide bonds. The van der Waals surface area contributed by atoms with Crippen LogP contribution in [0.15, 0.2) is 54.6 Å². The van der Waals surface area contributed by atoms with E-state index in [-0.39, 0.29) is 0 Å². The van der Waals surface area contributed by atoms with Gasteiger partial charge in [0.1, 0.15) is 21.4 Å². The molecule has 7 nitrogen and oxygen atoms in total. The summed E-state index contributed by atoms with van der Waals surface area (Å²) in [6.45, 7) is -0.410. The number of rotatable bonds is 7. The summed E-state index contributed by atoms with van der Waals surface area (Å²) >= 11 is 2.85. The first-order chi connectivity index (χ1) is 15.1. The number of anilines is 1. The summed E-state index contributed by atoms with van der Waals surface area (Å²) in [5.74, 6) is 0.0440. The second-order valence-corrected chi connectivity index (χ2v) is 8.49. The van der Waals surface area contributed by atoms with Gasteiger partial charge in [-0.2, -0.15) is 0 Å². The zero-order chi connectivity index (χ0) is 21.8. The average molecular weight is 455 g/mol. The molecule has 1 N–H and O–H groups in total. The summed E-state index contributed by atoms with van der Waals surface area (Å²) in [6, 6.07) is 16.4. The van der Waals surface area contributed by atoms with Crippen LogP contribution in [0, 0.1) is 0 Å². The molecule has 4 aromatic rings. The van der Waals surface area contributed by atoms with E-state index in [0.29, 0.717) is 22.1 Å². The molecule has 0 aliphatic heterocycles. The van der Waals surface area contributed by atoms with Crippen molar-refractivity contribution in [2.24, 2.45) is 0 Å². The summed E-state index contributed by atoms with van der Waals surface area (Å²) in [5, 5.41) is 3.51. The van der Waals surface area contributed by atoms with Crippen molar-refractivity contribution in [2.75, 3.05) is 26.1 Å². The molecule has 4 rings (SSSR count). The molecule has 0 spiro atoms. The highest BCUT2D eigenvalue weighted by Gasteiger charge is 2.16. The van der Waals surface area contributed by atoms with Gasteiger partial charge >= 0.3 is 5.97 Å². The van der Waals surface area contributed by atoms with Crippen LogP contribution in [0.25, 0.3) is 20.1 Å². The fourth-order valence-corrected chi connectivity index (χ4v) is 4.74. The number of fused-ring (bicyclic) bond motifs is 1. The number of nitrogens with one attached hydrogen (secondary N) is 1.